The molecule has 0 radical (unpaired) electrons. The van der Waals surface area contributed by atoms with E-state index in [1.165, 1.54) is 11.3 Å². The Balaban J connectivity index is 1.89. The summed E-state index contributed by atoms with van der Waals surface area (Å²) in [5.74, 6) is -0.162. The SMILES string of the molecule is CCc1nc(CNC(=O)c2csc(CCN)n2)cs1. The highest BCUT2D eigenvalue weighted by Gasteiger charge is 2.10. The number of rotatable bonds is 6. The van der Waals surface area contributed by atoms with Gasteiger partial charge in [-0.05, 0) is 13.0 Å². The summed E-state index contributed by atoms with van der Waals surface area (Å²) in [5.41, 5.74) is 6.81. The van der Waals surface area contributed by atoms with Crippen LogP contribution in [0.5, 0.6) is 0 Å². The molecule has 2 rings (SSSR count). The number of aryl methyl sites for hydroxylation is 1. The molecule has 0 atom stereocenters. The van der Waals surface area contributed by atoms with E-state index < -0.39 is 0 Å². The molecule has 7 heteroatoms. The Labute approximate surface area is 119 Å². The van der Waals surface area contributed by atoms with Crippen LogP contribution in [0.2, 0.25) is 0 Å². The highest BCUT2D eigenvalue weighted by atomic mass is 32.1. The maximum absolute atomic E-state index is 11.9. The van der Waals surface area contributed by atoms with Crippen LogP contribution in [0.15, 0.2) is 10.8 Å². The van der Waals surface area contributed by atoms with Crippen LogP contribution in [0.25, 0.3) is 0 Å². The largest absolute Gasteiger partial charge is 0.345 e. The van der Waals surface area contributed by atoms with Crippen molar-refractivity contribution in [2.24, 2.45) is 5.73 Å². The van der Waals surface area contributed by atoms with Gasteiger partial charge in [-0.25, -0.2) is 9.97 Å². The van der Waals surface area contributed by atoms with Gasteiger partial charge in [0.15, 0.2) is 0 Å². The molecule has 0 fully saturated rings. The molecule has 0 aliphatic rings. The third kappa shape index (κ3) is 3.82. The normalized spacial score (nSPS) is 10.6. The first-order valence-corrected chi connectivity index (χ1v) is 7.84. The van der Waals surface area contributed by atoms with E-state index in [0.717, 1.165) is 22.1 Å². The van der Waals surface area contributed by atoms with Gasteiger partial charge in [0.05, 0.1) is 22.3 Å². The Hall–Kier alpha value is -1.31. The molecular formula is C12H16N4OS2. The van der Waals surface area contributed by atoms with E-state index in [1.54, 1.807) is 16.7 Å². The highest BCUT2D eigenvalue weighted by molar-refractivity contribution is 7.10. The van der Waals surface area contributed by atoms with Gasteiger partial charge in [0, 0.05) is 17.2 Å². The summed E-state index contributed by atoms with van der Waals surface area (Å²) in [7, 11) is 0. The van der Waals surface area contributed by atoms with Crippen molar-refractivity contribution in [3.05, 3.63) is 32.2 Å². The van der Waals surface area contributed by atoms with E-state index in [1.807, 2.05) is 5.38 Å². The van der Waals surface area contributed by atoms with Crippen molar-refractivity contribution < 1.29 is 4.79 Å². The second kappa shape index (κ2) is 6.74. The van der Waals surface area contributed by atoms with Gasteiger partial charge < -0.3 is 11.1 Å². The average Bonchev–Trinajstić information content (AvgIpc) is 3.05. The fourth-order valence-electron chi connectivity index (χ4n) is 1.51. The van der Waals surface area contributed by atoms with Gasteiger partial charge in [0.1, 0.15) is 5.69 Å². The first kappa shape index (κ1) is 14.1. The van der Waals surface area contributed by atoms with Gasteiger partial charge in [-0.1, -0.05) is 6.92 Å². The molecule has 0 spiro atoms. The summed E-state index contributed by atoms with van der Waals surface area (Å²) in [6, 6.07) is 0. The van der Waals surface area contributed by atoms with Crippen molar-refractivity contribution >= 4 is 28.6 Å². The van der Waals surface area contributed by atoms with E-state index in [2.05, 4.69) is 22.2 Å². The van der Waals surface area contributed by atoms with E-state index in [-0.39, 0.29) is 5.91 Å². The monoisotopic (exact) mass is 296 g/mol. The lowest BCUT2D eigenvalue weighted by atomic mass is 10.4. The number of hydrogen-bond donors (Lipinski definition) is 2. The summed E-state index contributed by atoms with van der Waals surface area (Å²) in [4.78, 5) is 20.5. The second-order valence-corrected chi connectivity index (χ2v) is 5.82. The summed E-state index contributed by atoms with van der Waals surface area (Å²) < 4.78 is 0. The van der Waals surface area contributed by atoms with E-state index in [4.69, 9.17) is 5.73 Å². The zero-order chi connectivity index (χ0) is 13.7. The molecular weight excluding hydrogens is 280 g/mol. The average molecular weight is 296 g/mol. The number of carbonyl (C=O) groups excluding carboxylic acids is 1. The molecule has 0 unspecified atom stereocenters. The predicted molar refractivity (Wildman–Crippen MR) is 77.5 cm³/mol. The summed E-state index contributed by atoms with van der Waals surface area (Å²) in [6.07, 6.45) is 1.64. The van der Waals surface area contributed by atoms with Crippen LogP contribution in [-0.2, 0) is 19.4 Å². The van der Waals surface area contributed by atoms with Crippen molar-refractivity contribution in [2.75, 3.05) is 6.54 Å². The maximum Gasteiger partial charge on any atom is 0.271 e. The van der Waals surface area contributed by atoms with Crippen LogP contribution in [0.3, 0.4) is 0 Å². The zero-order valence-electron chi connectivity index (χ0n) is 10.7. The minimum Gasteiger partial charge on any atom is -0.345 e. The minimum absolute atomic E-state index is 0.162. The lowest BCUT2D eigenvalue weighted by Gasteiger charge is -1.99. The maximum atomic E-state index is 11.9. The van der Waals surface area contributed by atoms with E-state index in [9.17, 15) is 4.79 Å². The number of nitrogens with one attached hydrogen (secondary N) is 1. The van der Waals surface area contributed by atoms with Gasteiger partial charge in [-0.15, -0.1) is 22.7 Å². The van der Waals surface area contributed by atoms with Gasteiger partial charge in [-0.3, -0.25) is 4.79 Å². The standard InChI is InChI=1S/C12H16N4OS2/c1-2-10-15-8(6-18-10)5-14-12(17)9-7-19-11(16-9)3-4-13/h6-7H,2-5,13H2,1H3,(H,14,17). The Bertz CT molecular complexity index is 549. The topological polar surface area (TPSA) is 80.9 Å². The van der Waals surface area contributed by atoms with Gasteiger partial charge in [0.2, 0.25) is 0 Å². The Morgan fingerprint density at radius 1 is 1.32 bits per heavy atom. The van der Waals surface area contributed by atoms with Crippen molar-refractivity contribution in [1.82, 2.24) is 15.3 Å². The fourth-order valence-corrected chi connectivity index (χ4v) is 3.05. The number of nitrogens with two attached hydrogens (primary N) is 1. The van der Waals surface area contributed by atoms with Crippen molar-refractivity contribution in [3.8, 4) is 0 Å². The van der Waals surface area contributed by atoms with Gasteiger partial charge >= 0.3 is 0 Å². The molecule has 2 aromatic heterocycles. The van der Waals surface area contributed by atoms with Crippen LogP contribution >= 0.6 is 22.7 Å². The molecule has 2 aromatic rings. The molecule has 3 N–H and O–H groups in total. The number of nitrogens with zero attached hydrogens (tertiary/aromatic N) is 2. The smallest absolute Gasteiger partial charge is 0.271 e. The molecule has 0 saturated carbocycles. The number of aromatic nitrogens is 2. The Morgan fingerprint density at radius 3 is 2.79 bits per heavy atom. The van der Waals surface area contributed by atoms with E-state index in [0.29, 0.717) is 25.2 Å². The lowest BCUT2D eigenvalue weighted by molar-refractivity contribution is 0.0946. The molecule has 19 heavy (non-hydrogen) atoms. The number of hydrogen-bond acceptors (Lipinski definition) is 6. The molecule has 2 heterocycles. The molecule has 0 aromatic carbocycles. The van der Waals surface area contributed by atoms with Crippen molar-refractivity contribution in [2.45, 2.75) is 26.3 Å². The van der Waals surface area contributed by atoms with Gasteiger partial charge in [-0.2, -0.15) is 0 Å². The first-order valence-electron chi connectivity index (χ1n) is 6.09. The predicted octanol–water partition coefficient (Wildman–Crippen LogP) is 1.59. The molecule has 0 aliphatic heterocycles. The zero-order valence-corrected chi connectivity index (χ0v) is 12.3. The van der Waals surface area contributed by atoms with Crippen LogP contribution in [0.4, 0.5) is 0 Å². The summed E-state index contributed by atoms with van der Waals surface area (Å²) in [6.45, 7) is 3.06. The molecule has 0 bridgehead atoms. The molecule has 1 amide bonds. The highest BCUT2D eigenvalue weighted by Crippen LogP contribution is 2.12. The molecule has 5 nitrogen and oxygen atoms in total. The second-order valence-electron chi connectivity index (χ2n) is 3.93. The molecule has 102 valence electrons. The number of thiazole rings is 2. The van der Waals surface area contributed by atoms with Gasteiger partial charge in [0.25, 0.3) is 5.91 Å². The molecule has 0 aliphatic carbocycles. The van der Waals surface area contributed by atoms with Crippen LogP contribution in [-0.4, -0.2) is 22.4 Å². The van der Waals surface area contributed by atoms with Crippen LogP contribution in [0.1, 0.15) is 33.1 Å². The Kier molecular flexibility index (Phi) is 5.00. The number of amides is 1. The Morgan fingerprint density at radius 2 is 2.11 bits per heavy atom. The molecule has 0 saturated heterocycles. The summed E-state index contributed by atoms with van der Waals surface area (Å²) in [5, 5.41) is 8.55. The third-order valence-electron chi connectivity index (χ3n) is 2.47. The third-order valence-corrected chi connectivity index (χ3v) is 4.42. The van der Waals surface area contributed by atoms with Crippen LogP contribution in [0, 0.1) is 0 Å². The van der Waals surface area contributed by atoms with Crippen molar-refractivity contribution in [3.63, 3.8) is 0 Å². The van der Waals surface area contributed by atoms with Crippen LogP contribution < -0.4 is 11.1 Å². The first-order chi connectivity index (χ1) is 9.22. The quantitative estimate of drug-likeness (QED) is 0.848. The fraction of sp³-hybridized carbons (Fsp3) is 0.417. The van der Waals surface area contributed by atoms with Crippen molar-refractivity contribution in [1.29, 1.82) is 0 Å². The minimum atomic E-state index is -0.162. The van der Waals surface area contributed by atoms with E-state index >= 15 is 0 Å². The number of carbonyl (C=O) groups is 1. The lowest BCUT2D eigenvalue weighted by Crippen LogP contribution is -2.23. The summed E-state index contributed by atoms with van der Waals surface area (Å²) >= 11 is 3.08.